The molecule has 0 saturated carbocycles. The summed E-state index contributed by atoms with van der Waals surface area (Å²) in [4.78, 5) is 0. The van der Waals surface area contributed by atoms with E-state index in [9.17, 15) is 0 Å². The van der Waals surface area contributed by atoms with Gasteiger partial charge in [0.1, 0.15) is 0 Å². The summed E-state index contributed by atoms with van der Waals surface area (Å²) in [6.45, 7) is 3.08. The number of nitrogens with two attached hydrogens (primary N) is 1. The molecule has 0 unspecified atom stereocenters. The van der Waals surface area contributed by atoms with Crippen molar-refractivity contribution in [3.8, 4) is 11.5 Å². The van der Waals surface area contributed by atoms with Crippen molar-refractivity contribution in [2.75, 3.05) is 20.3 Å². The Morgan fingerprint density at radius 3 is 2.80 bits per heavy atom. The fourth-order valence-electron chi connectivity index (χ4n) is 1.32. The van der Waals surface area contributed by atoms with Gasteiger partial charge in [-0.2, -0.15) is 0 Å². The molecule has 3 heteroatoms. The van der Waals surface area contributed by atoms with Gasteiger partial charge in [-0.05, 0) is 13.0 Å². The van der Waals surface area contributed by atoms with E-state index in [0.29, 0.717) is 13.2 Å². The average molecular weight is 207 g/mol. The number of hydrogen-bond acceptors (Lipinski definition) is 3. The molecule has 2 N–H and O–H groups in total. The van der Waals surface area contributed by atoms with E-state index in [4.69, 9.17) is 15.2 Å². The molecular weight excluding hydrogens is 190 g/mol. The van der Waals surface area contributed by atoms with Gasteiger partial charge in [-0.3, -0.25) is 0 Å². The quantitative estimate of drug-likeness (QED) is 0.803. The molecule has 1 aromatic rings. The number of methoxy groups -OCH3 is 1. The van der Waals surface area contributed by atoms with Gasteiger partial charge in [0.15, 0.2) is 11.5 Å². The first-order chi connectivity index (χ1) is 7.33. The second-order valence-electron chi connectivity index (χ2n) is 2.95. The molecule has 3 nitrogen and oxygen atoms in total. The zero-order chi connectivity index (χ0) is 11.1. The zero-order valence-electron chi connectivity index (χ0n) is 9.19. The van der Waals surface area contributed by atoms with Crippen LogP contribution in [0.2, 0.25) is 0 Å². The van der Waals surface area contributed by atoms with Gasteiger partial charge in [0, 0.05) is 12.1 Å². The Morgan fingerprint density at radius 1 is 1.40 bits per heavy atom. The van der Waals surface area contributed by atoms with E-state index in [1.807, 2.05) is 37.3 Å². The normalized spacial score (nSPS) is 10.6. The van der Waals surface area contributed by atoms with Gasteiger partial charge in [-0.15, -0.1) is 0 Å². The Balaban J connectivity index is 3.06. The van der Waals surface area contributed by atoms with Crippen LogP contribution in [0.3, 0.4) is 0 Å². The summed E-state index contributed by atoms with van der Waals surface area (Å²) in [7, 11) is 1.63. The molecule has 0 saturated heterocycles. The maximum Gasteiger partial charge on any atom is 0.168 e. The Labute approximate surface area is 90.5 Å². The molecule has 0 aliphatic rings. The highest BCUT2D eigenvalue weighted by atomic mass is 16.5. The second-order valence-corrected chi connectivity index (χ2v) is 2.95. The molecule has 0 fully saturated rings. The molecule has 0 spiro atoms. The summed E-state index contributed by atoms with van der Waals surface area (Å²) in [5, 5.41) is 0. The highest BCUT2D eigenvalue weighted by molar-refractivity contribution is 5.62. The van der Waals surface area contributed by atoms with E-state index < -0.39 is 0 Å². The number of para-hydroxylation sites is 1. The van der Waals surface area contributed by atoms with Crippen molar-refractivity contribution in [3.05, 3.63) is 29.8 Å². The van der Waals surface area contributed by atoms with Crippen molar-refractivity contribution in [2.45, 2.75) is 6.92 Å². The van der Waals surface area contributed by atoms with E-state index in [1.165, 1.54) is 0 Å². The lowest BCUT2D eigenvalue weighted by molar-refractivity contribution is 0.310. The Morgan fingerprint density at radius 2 is 2.20 bits per heavy atom. The first-order valence-corrected chi connectivity index (χ1v) is 4.99. The third-order valence-corrected chi connectivity index (χ3v) is 1.95. The third-order valence-electron chi connectivity index (χ3n) is 1.95. The maximum atomic E-state index is 5.54. The maximum absolute atomic E-state index is 5.54. The molecule has 1 rings (SSSR count). The van der Waals surface area contributed by atoms with Crippen molar-refractivity contribution < 1.29 is 9.47 Å². The first-order valence-electron chi connectivity index (χ1n) is 4.99. The highest BCUT2D eigenvalue weighted by Gasteiger charge is 2.06. The van der Waals surface area contributed by atoms with Crippen LogP contribution < -0.4 is 15.2 Å². The van der Waals surface area contributed by atoms with Crippen molar-refractivity contribution in [3.63, 3.8) is 0 Å². The van der Waals surface area contributed by atoms with Crippen LogP contribution in [0.5, 0.6) is 11.5 Å². The number of rotatable bonds is 5. The zero-order valence-corrected chi connectivity index (χ0v) is 9.19. The second kappa shape index (κ2) is 6.09. The van der Waals surface area contributed by atoms with Crippen molar-refractivity contribution in [1.82, 2.24) is 0 Å². The van der Waals surface area contributed by atoms with Crippen LogP contribution in [0.4, 0.5) is 0 Å². The van der Waals surface area contributed by atoms with Gasteiger partial charge in [-0.1, -0.05) is 24.3 Å². The van der Waals surface area contributed by atoms with Crippen LogP contribution >= 0.6 is 0 Å². The van der Waals surface area contributed by atoms with E-state index in [2.05, 4.69) is 0 Å². The summed E-state index contributed by atoms with van der Waals surface area (Å²) < 4.78 is 10.8. The van der Waals surface area contributed by atoms with E-state index in [0.717, 1.165) is 17.1 Å². The predicted octanol–water partition coefficient (Wildman–Crippen LogP) is 2.07. The molecule has 0 amide bonds. The molecule has 0 atom stereocenters. The summed E-state index contributed by atoms with van der Waals surface area (Å²) >= 11 is 0. The molecule has 0 aliphatic heterocycles. The van der Waals surface area contributed by atoms with Crippen LogP contribution in [0.25, 0.3) is 6.08 Å². The molecule has 0 bridgehead atoms. The number of benzene rings is 1. The molecule has 1 aromatic carbocycles. The lowest BCUT2D eigenvalue weighted by Gasteiger charge is -2.11. The topological polar surface area (TPSA) is 44.5 Å². The molecule has 15 heavy (non-hydrogen) atoms. The number of ether oxygens (including phenoxy) is 2. The summed E-state index contributed by atoms with van der Waals surface area (Å²) in [5.74, 6) is 1.52. The summed E-state index contributed by atoms with van der Waals surface area (Å²) in [5.41, 5.74) is 6.40. The van der Waals surface area contributed by atoms with E-state index in [-0.39, 0.29) is 0 Å². The van der Waals surface area contributed by atoms with Crippen molar-refractivity contribution in [1.29, 1.82) is 0 Å². The molecule has 0 radical (unpaired) electrons. The van der Waals surface area contributed by atoms with Crippen LogP contribution in [0.1, 0.15) is 12.5 Å². The average Bonchev–Trinajstić information content (AvgIpc) is 2.28. The lowest BCUT2D eigenvalue weighted by atomic mass is 10.1. The van der Waals surface area contributed by atoms with Crippen molar-refractivity contribution in [2.24, 2.45) is 5.73 Å². The van der Waals surface area contributed by atoms with Crippen LogP contribution in [-0.2, 0) is 0 Å². The number of hydrogen-bond donors (Lipinski definition) is 1. The molecular formula is C12H17NO2. The Bertz CT molecular complexity index is 334. The first kappa shape index (κ1) is 11.6. The minimum Gasteiger partial charge on any atom is -0.493 e. The van der Waals surface area contributed by atoms with E-state index in [1.54, 1.807) is 7.11 Å². The van der Waals surface area contributed by atoms with Gasteiger partial charge in [-0.25, -0.2) is 0 Å². The summed E-state index contributed by atoms with van der Waals surface area (Å²) in [6.07, 6.45) is 3.82. The largest absolute Gasteiger partial charge is 0.493 e. The van der Waals surface area contributed by atoms with Gasteiger partial charge in [0.05, 0.1) is 13.7 Å². The monoisotopic (exact) mass is 207 g/mol. The summed E-state index contributed by atoms with van der Waals surface area (Å²) in [6, 6.07) is 5.78. The minimum absolute atomic E-state index is 0.517. The SMILES string of the molecule is CCOc1c(/C=C/CN)cccc1OC. The molecule has 82 valence electrons. The van der Waals surface area contributed by atoms with Gasteiger partial charge in [0.25, 0.3) is 0 Å². The molecule has 0 aromatic heterocycles. The van der Waals surface area contributed by atoms with Crippen molar-refractivity contribution >= 4 is 6.08 Å². The smallest absolute Gasteiger partial charge is 0.168 e. The fourth-order valence-corrected chi connectivity index (χ4v) is 1.32. The lowest BCUT2D eigenvalue weighted by Crippen LogP contribution is -1.98. The van der Waals surface area contributed by atoms with Gasteiger partial charge >= 0.3 is 0 Å². The van der Waals surface area contributed by atoms with E-state index >= 15 is 0 Å². The fraction of sp³-hybridized carbons (Fsp3) is 0.333. The van der Waals surface area contributed by atoms with Crippen LogP contribution in [0.15, 0.2) is 24.3 Å². The predicted molar refractivity (Wildman–Crippen MR) is 62.3 cm³/mol. The Hall–Kier alpha value is -1.48. The third kappa shape index (κ3) is 2.99. The Kier molecular flexibility index (Phi) is 4.71. The van der Waals surface area contributed by atoms with Gasteiger partial charge < -0.3 is 15.2 Å². The highest BCUT2D eigenvalue weighted by Crippen LogP contribution is 2.31. The minimum atomic E-state index is 0.517. The van der Waals surface area contributed by atoms with Crippen LogP contribution in [0, 0.1) is 0 Å². The standard InChI is InChI=1S/C12H17NO2/c1-3-15-12-10(7-5-9-13)6-4-8-11(12)14-2/h4-8H,3,9,13H2,1-2H3/b7-5+. The van der Waals surface area contributed by atoms with Crippen LogP contribution in [-0.4, -0.2) is 20.3 Å². The molecule has 0 heterocycles. The van der Waals surface area contributed by atoms with Gasteiger partial charge in [0.2, 0.25) is 0 Å². The molecule has 0 aliphatic carbocycles.